The minimum Gasteiger partial charge on any atom is -0.466 e. The van der Waals surface area contributed by atoms with Crippen molar-refractivity contribution in [3.8, 4) is 0 Å². The molecular formula is C18H24N2O4S. The Labute approximate surface area is 151 Å². The number of fused-ring (bicyclic) bond motifs is 1. The average molecular weight is 364 g/mol. The van der Waals surface area contributed by atoms with Crippen molar-refractivity contribution in [3.63, 3.8) is 0 Å². The highest BCUT2D eigenvalue weighted by atomic mass is 32.1. The van der Waals surface area contributed by atoms with Crippen LogP contribution in [-0.2, 0) is 14.3 Å². The van der Waals surface area contributed by atoms with E-state index in [1.165, 1.54) is 18.3 Å². The van der Waals surface area contributed by atoms with E-state index in [9.17, 15) is 14.4 Å². The standard InChI is InChI=1S/C18H24N2O4S/c1-3-24-17(23)18-6-4-7-19(16(22)14-5-8-25-11-14)9-15(18)10-20(12-18)13(2)21/h5,8,11,15H,3-4,6-7,9-10,12H2,1-2H3/t15-,18-/m1/s1. The number of carbonyl (C=O) groups excluding carboxylic acids is 3. The van der Waals surface area contributed by atoms with Crippen molar-refractivity contribution in [2.24, 2.45) is 11.3 Å². The third-order valence-electron chi connectivity index (χ3n) is 5.37. The zero-order chi connectivity index (χ0) is 18.0. The maximum Gasteiger partial charge on any atom is 0.314 e. The van der Waals surface area contributed by atoms with Gasteiger partial charge in [0.25, 0.3) is 5.91 Å². The van der Waals surface area contributed by atoms with Gasteiger partial charge >= 0.3 is 5.97 Å². The smallest absolute Gasteiger partial charge is 0.314 e. The predicted molar refractivity (Wildman–Crippen MR) is 94.3 cm³/mol. The quantitative estimate of drug-likeness (QED) is 0.770. The molecule has 3 rings (SSSR count). The molecule has 0 radical (unpaired) electrons. The first-order valence-electron chi connectivity index (χ1n) is 8.72. The van der Waals surface area contributed by atoms with Gasteiger partial charge in [0, 0.05) is 44.4 Å². The lowest BCUT2D eigenvalue weighted by molar-refractivity contribution is -0.157. The molecule has 1 aromatic rings. The second-order valence-electron chi connectivity index (χ2n) is 6.84. The van der Waals surface area contributed by atoms with E-state index < -0.39 is 5.41 Å². The SMILES string of the molecule is CCOC(=O)[C@@]12CCCN(C(=O)c3ccsc3)C[C@@H]1CN(C(C)=O)C2. The molecule has 2 saturated heterocycles. The van der Waals surface area contributed by atoms with E-state index in [-0.39, 0.29) is 23.7 Å². The fraction of sp³-hybridized carbons (Fsp3) is 0.611. The molecule has 0 spiro atoms. The van der Waals surface area contributed by atoms with Gasteiger partial charge in [0.05, 0.1) is 17.6 Å². The number of nitrogens with zero attached hydrogens (tertiary/aromatic N) is 2. The fourth-order valence-corrected chi connectivity index (χ4v) is 4.66. The Hall–Kier alpha value is -1.89. The highest BCUT2D eigenvalue weighted by Crippen LogP contribution is 2.44. The van der Waals surface area contributed by atoms with Gasteiger partial charge in [-0.05, 0) is 31.2 Å². The zero-order valence-corrected chi connectivity index (χ0v) is 15.5. The van der Waals surface area contributed by atoms with Crippen LogP contribution in [0.15, 0.2) is 16.8 Å². The van der Waals surface area contributed by atoms with E-state index in [0.717, 1.165) is 6.42 Å². The molecule has 7 heteroatoms. The van der Waals surface area contributed by atoms with Crippen molar-refractivity contribution in [1.29, 1.82) is 0 Å². The van der Waals surface area contributed by atoms with Gasteiger partial charge < -0.3 is 14.5 Å². The minimum absolute atomic E-state index is 0.00202. The van der Waals surface area contributed by atoms with E-state index in [1.54, 1.807) is 11.8 Å². The molecular weight excluding hydrogens is 340 g/mol. The summed E-state index contributed by atoms with van der Waals surface area (Å²) in [5.41, 5.74) is 0.000736. The Kier molecular flexibility index (Phi) is 5.13. The number of carbonyl (C=O) groups is 3. The Balaban J connectivity index is 1.86. The molecule has 0 bridgehead atoms. The third-order valence-corrected chi connectivity index (χ3v) is 6.05. The van der Waals surface area contributed by atoms with Crippen LogP contribution in [0, 0.1) is 11.3 Å². The highest BCUT2D eigenvalue weighted by molar-refractivity contribution is 7.08. The van der Waals surface area contributed by atoms with Gasteiger partial charge in [0.1, 0.15) is 0 Å². The monoisotopic (exact) mass is 364 g/mol. The summed E-state index contributed by atoms with van der Waals surface area (Å²) in [6, 6.07) is 1.83. The van der Waals surface area contributed by atoms with Gasteiger partial charge in [-0.1, -0.05) is 0 Å². The minimum atomic E-state index is -0.689. The highest BCUT2D eigenvalue weighted by Gasteiger charge is 2.55. The normalized spacial score (nSPS) is 26.1. The van der Waals surface area contributed by atoms with Crippen molar-refractivity contribution in [3.05, 3.63) is 22.4 Å². The number of amides is 2. The second kappa shape index (κ2) is 7.15. The van der Waals surface area contributed by atoms with Crippen LogP contribution in [0.3, 0.4) is 0 Å². The summed E-state index contributed by atoms with van der Waals surface area (Å²) >= 11 is 1.50. The van der Waals surface area contributed by atoms with E-state index in [0.29, 0.717) is 44.8 Å². The van der Waals surface area contributed by atoms with Crippen LogP contribution < -0.4 is 0 Å². The molecule has 2 amide bonds. The number of hydrogen-bond donors (Lipinski definition) is 0. The van der Waals surface area contributed by atoms with E-state index >= 15 is 0 Å². The number of esters is 1. The lowest BCUT2D eigenvalue weighted by Gasteiger charge is -2.31. The van der Waals surface area contributed by atoms with Gasteiger partial charge in [0.15, 0.2) is 0 Å². The third kappa shape index (κ3) is 3.29. The fourth-order valence-electron chi connectivity index (χ4n) is 4.03. The van der Waals surface area contributed by atoms with Gasteiger partial charge in [-0.25, -0.2) is 0 Å². The van der Waals surface area contributed by atoms with Gasteiger partial charge in [-0.15, -0.1) is 0 Å². The summed E-state index contributed by atoms with van der Waals surface area (Å²) in [7, 11) is 0. The van der Waals surface area contributed by atoms with Crippen molar-refractivity contribution in [1.82, 2.24) is 9.80 Å². The van der Waals surface area contributed by atoms with Crippen LogP contribution >= 0.6 is 11.3 Å². The summed E-state index contributed by atoms with van der Waals surface area (Å²) in [6.45, 7) is 5.66. The first kappa shape index (κ1) is 17.9. The molecule has 0 aliphatic carbocycles. The molecule has 0 aromatic carbocycles. The Morgan fingerprint density at radius 1 is 1.32 bits per heavy atom. The number of rotatable bonds is 3. The lowest BCUT2D eigenvalue weighted by atomic mass is 9.75. The van der Waals surface area contributed by atoms with Gasteiger partial charge in [-0.3, -0.25) is 14.4 Å². The van der Waals surface area contributed by atoms with Crippen LogP contribution in [0.4, 0.5) is 0 Å². The first-order valence-corrected chi connectivity index (χ1v) is 9.66. The number of hydrogen-bond acceptors (Lipinski definition) is 5. The summed E-state index contributed by atoms with van der Waals surface area (Å²) in [6.07, 6.45) is 1.38. The van der Waals surface area contributed by atoms with Crippen LogP contribution in [0.25, 0.3) is 0 Å². The molecule has 136 valence electrons. The molecule has 2 atom stereocenters. The topological polar surface area (TPSA) is 66.9 Å². The Morgan fingerprint density at radius 2 is 2.08 bits per heavy atom. The largest absolute Gasteiger partial charge is 0.466 e. The summed E-state index contributed by atoms with van der Waals surface area (Å²) in [4.78, 5) is 41.0. The molecule has 2 aliphatic rings. The summed E-state index contributed by atoms with van der Waals surface area (Å²) < 4.78 is 5.36. The summed E-state index contributed by atoms with van der Waals surface area (Å²) in [5.74, 6) is -0.344. The number of thiophene rings is 1. The summed E-state index contributed by atoms with van der Waals surface area (Å²) in [5, 5.41) is 3.74. The van der Waals surface area contributed by atoms with Crippen LogP contribution in [0.2, 0.25) is 0 Å². The zero-order valence-electron chi connectivity index (χ0n) is 14.7. The van der Waals surface area contributed by atoms with Crippen LogP contribution in [-0.4, -0.2) is 60.4 Å². The molecule has 0 saturated carbocycles. The van der Waals surface area contributed by atoms with Crippen molar-refractivity contribution in [2.45, 2.75) is 26.7 Å². The van der Waals surface area contributed by atoms with Crippen molar-refractivity contribution >= 4 is 29.1 Å². The van der Waals surface area contributed by atoms with Crippen LogP contribution in [0.5, 0.6) is 0 Å². The molecule has 2 fully saturated rings. The van der Waals surface area contributed by atoms with Crippen molar-refractivity contribution in [2.75, 3.05) is 32.8 Å². The van der Waals surface area contributed by atoms with E-state index in [4.69, 9.17) is 4.74 Å². The molecule has 1 aromatic heterocycles. The van der Waals surface area contributed by atoms with Crippen LogP contribution in [0.1, 0.15) is 37.0 Å². The maximum absolute atomic E-state index is 12.8. The number of ether oxygens (including phenoxy) is 1. The molecule has 0 unspecified atom stereocenters. The second-order valence-corrected chi connectivity index (χ2v) is 7.62. The number of likely N-dealkylation sites (tertiary alicyclic amines) is 2. The van der Waals surface area contributed by atoms with Crippen molar-refractivity contribution < 1.29 is 19.1 Å². The lowest BCUT2D eigenvalue weighted by Crippen LogP contribution is -2.43. The van der Waals surface area contributed by atoms with Gasteiger partial charge in [-0.2, -0.15) is 11.3 Å². The molecule has 3 heterocycles. The molecule has 6 nitrogen and oxygen atoms in total. The molecule has 25 heavy (non-hydrogen) atoms. The molecule has 2 aliphatic heterocycles. The molecule has 0 N–H and O–H groups in total. The van der Waals surface area contributed by atoms with E-state index in [2.05, 4.69) is 0 Å². The first-order chi connectivity index (χ1) is 12.0. The van der Waals surface area contributed by atoms with E-state index in [1.807, 2.05) is 21.7 Å². The maximum atomic E-state index is 12.8. The Bertz CT molecular complexity index is 660. The van der Waals surface area contributed by atoms with Gasteiger partial charge in [0.2, 0.25) is 5.91 Å². The Morgan fingerprint density at radius 3 is 2.72 bits per heavy atom. The average Bonchev–Trinajstić information content (AvgIpc) is 3.19. The predicted octanol–water partition coefficient (Wildman–Crippen LogP) is 2.01.